The Bertz CT molecular complexity index is 816. The van der Waals surface area contributed by atoms with Crippen molar-refractivity contribution in [1.82, 2.24) is 10.2 Å². The molecule has 0 atom stereocenters. The summed E-state index contributed by atoms with van der Waals surface area (Å²) in [7, 11) is 0. The summed E-state index contributed by atoms with van der Waals surface area (Å²) in [5.41, 5.74) is 2.87. The monoisotopic (exact) mass is 381 g/mol. The SMILES string of the molecule is CC(=O)Nc1cccc(CNCc2ccccc2OCC(=O)N2CCCC2)c1. The zero-order valence-electron chi connectivity index (χ0n) is 16.2. The highest BCUT2D eigenvalue weighted by Crippen LogP contribution is 2.19. The highest BCUT2D eigenvalue weighted by molar-refractivity contribution is 5.88. The van der Waals surface area contributed by atoms with E-state index < -0.39 is 0 Å². The molecule has 3 rings (SSSR count). The van der Waals surface area contributed by atoms with Crippen LogP contribution in [0, 0.1) is 0 Å². The Hall–Kier alpha value is -2.86. The van der Waals surface area contributed by atoms with E-state index in [9.17, 15) is 9.59 Å². The van der Waals surface area contributed by atoms with E-state index in [1.165, 1.54) is 6.92 Å². The lowest BCUT2D eigenvalue weighted by Gasteiger charge is -2.17. The summed E-state index contributed by atoms with van der Waals surface area (Å²) in [5.74, 6) is 0.698. The minimum Gasteiger partial charge on any atom is -0.483 e. The van der Waals surface area contributed by atoms with Gasteiger partial charge in [0.05, 0.1) is 0 Å². The lowest BCUT2D eigenvalue weighted by atomic mass is 10.1. The first-order valence-electron chi connectivity index (χ1n) is 9.67. The number of hydrogen-bond acceptors (Lipinski definition) is 4. The molecule has 6 heteroatoms. The summed E-state index contributed by atoms with van der Waals surface area (Å²) < 4.78 is 5.80. The van der Waals surface area contributed by atoms with Gasteiger partial charge in [-0.3, -0.25) is 9.59 Å². The Morgan fingerprint density at radius 1 is 1.04 bits per heavy atom. The molecule has 6 nitrogen and oxygen atoms in total. The molecule has 2 aromatic rings. The Labute approximate surface area is 165 Å². The number of benzene rings is 2. The molecule has 0 aliphatic carbocycles. The average Bonchev–Trinajstić information content (AvgIpc) is 3.22. The largest absolute Gasteiger partial charge is 0.483 e. The number of rotatable bonds is 8. The Morgan fingerprint density at radius 2 is 1.82 bits per heavy atom. The lowest BCUT2D eigenvalue weighted by molar-refractivity contribution is -0.132. The van der Waals surface area contributed by atoms with Gasteiger partial charge in [-0.1, -0.05) is 30.3 Å². The van der Waals surface area contributed by atoms with Gasteiger partial charge in [0.25, 0.3) is 5.91 Å². The van der Waals surface area contributed by atoms with Crippen molar-refractivity contribution in [3.63, 3.8) is 0 Å². The third-order valence-corrected chi connectivity index (χ3v) is 4.67. The Kier molecular flexibility index (Phi) is 7.03. The number of hydrogen-bond donors (Lipinski definition) is 2. The van der Waals surface area contributed by atoms with Crippen LogP contribution in [0.25, 0.3) is 0 Å². The maximum Gasteiger partial charge on any atom is 0.260 e. The van der Waals surface area contributed by atoms with E-state index in [1.807, 2.05) is 53.4 Å². The number of para-hydroxylation sites is 1. The third kappa shape index (κ3) is 5.82. The van der Waals surface area contributed by atoms with Crippen LogP contribution in [0.1, 0.15) is 30.9 Å². The molecule has 1 heterocycles. The van der Waals surface area contributed by atoms with E-state index in [0.29, 0.717) is 13.1 Å². The van der Waals surface area contributed by atoms with Gasteiger partial charge < -0.3 is 20.3 Å². The minimum atomic E-state index is -0.0836. The molecule has 28 heavy (non-hydrogen) atoms. The van der Waals surface area contributed by atoms with Crippen molar-refractivity contribution >= 4 is 17.5 Å². The van der Waals surface area contributed by atoms with Gasteiger partial charge in [0.15, 0.2) is 6.61 Å². The zero-order chi connectivity index (χ0) is 19.8. The van der Waals surface area contributed by atoms with Gasteiger partial charge in [0.1, 0.15) is 5.75 Å². The summed E-state index contributed by atoms with van der Waals surface area (Å²) in [6.45, 7) is 4.53. The molecule has 148 valence electrons. The number of ether oxygens (including phenoxy) is 1. The molecule has 0 bridgehead atoms. The standard InChI is InChI=1S/C22H27N3O3/c1-17(26)24-20-9-6-7-18(13-20)14-23-15-19-8-2-3-10-21(19)28-16-22(27)25-11-4-5-12-25/h2-3,6-10,13,23H,4-5,11-12,14-16H2,1H3,(H,24,26). The van der Waals surface area contributed by atoms with E-state index >= 15 is 0 Å². The van der Waals surface area contributed by atoms with Crippen LogP contribution < -0.4 is 15.4 Å². The van der Waals surface area contributed by atoms with Crippen LogP contribution >= 0.6 is 0 Å². The van der Waals surface area contributed by atoms with Crippen LogP contribution in [0.4, 0.5) is 5.69 Å². The van der Waals surface area contributed by atoms with Crippen LogP contribution in [-0.2, 0) is 22.7 Å². The molecule has 0 aromatic heterocycles. The highest BCUT2D eigenvalue weighted by Gasteiger charge is 2.18. The van der Waals surface area contributed by atoms with Crippen molar-refractivity contribution in [2.24, 2.45) is 0 Å². The van der Waals surface area contributed by atoms with Gasteiger partial charge in [-0.2, -0.15) is 0 Å². The van der Waals surface area contributed by atoms with E-state index in [1.54, 1.807) is 0 Å². The molecule has 1 fully saturated rings. The third-order valence-electron chi connectivity index (χ3n) is 4.67. The molecule has 1 saturated heterocycles. The number of nitrogens with one attached hydrogen (secondary N) is 2. The summed E-state index contributed by atoms with van der Waals surface area (Å²) >= 11 is 0. The summed E-state index contributed by atoms with van der Waals surface area (Å²) in [4.78, 5) is 25.2. The van der Waals surface area contributed by atoms with E-state index in [2.05, 4.69) is 10.6 Å². The molecule has 1 aliphatic heterocycles. The second-order valence-corrected chi connectivity index (χ2v) is 6.97. The van der Waals surface area contributed by atoms with Gasteiger partial charge in [0, 0.05) is 44.4 Å². The van der Waals surface area contributed by atoms with Crippen LogP contribution in [0.5, 0.6) is 5.75 Å². The number of likely N-dealkylation sites (tertiary alicyclic amines) is 1. The average molecular weight is 381 g/mol. The molecule has 0 saturated carbocycles. The van der Waals surface area contributed by atoms with Crippen LogP contribution in [0.15, 0.2) is 48.5 Å². The number of anilines is 1. The first-order chi connectivity index (χ1) is 13.6. The first-order valence-corrected chi connectivity index (χ1v) is 9.67. The minimum absolute atomic E-state index is 0.0510. The van der Waals surface area contributed by atoms with Gasteiger partial charge in [-0.05, 0) is 36.6 Å². The predicted molar refractivity (Wildman–Crippen MR) is 109 cm³/mol. The Morgan fingerprint density at radius 3 is 2.61 bits per heavy atom. The smallest absolute Gasteiger partial charge is 0.260 e. The first kappa shape index (κ1) is 19.9. The van der Waals surface area contributed by atoms with E-state index in [0.717, 1.165) is 48.5 Å². The molecule has 2 aromatic carbocycles. The maximum absolute atomic E-state index is 12.2. The Balaban J connectivity index is 1.52. The van der Waals surface area contributed by atoms with Crippen LogP contribution in [0.2, 0.25) is 0 Å². The van der Waals surface area contributed by atoms with E-state index in [4.69, 9.17) is 4.74 Å². The molecule has 0 unspecified atom stereocenters. The summed E-state index contributed by atoms with van der Waals surface area (Å²) in [6.07, 6.45) is 2.16. The molecule has 2 amide bonds. The summed E-state index contributed by atoms with van der Waals surface area (Å²) in [6, 6.07) is 15.5. The highest BCUT2D eigenvalue weighted by atomic mass is 16.5. The fraction of sp³-hybridized carbons (Fsp3) is 0.364. The lowest BCUT2D eigenvalue weighted by Crippen LogP contribution is -2.32. The van der Waals surface area contributed by atoms with Crippen molar-refractivity contribution in [2.45, 2.75) is 32.9 Å². The zero-order valence-corrected chi connectivity index (χ0v) is 16.2. The fourth-order valence-electron chi connectivity index (χ4n) is 3.29. The second-order valence-electron chi connectivity index (χ2n) is 6.97. The number of carbonyl (C=O) groups is 2. The number of nitrogens with zero attached hydrogens (tertiary/aromatic N) is 1. The van der Waals surface area contributed by atoms with Gasteiger partial charge in [0.2, 0.25) is 5.91 Å². The number of carbonyl (C=O) groups excluding carboxylic acids is 2. The predicted octanol–water partition coefficient (Wildman–Crippen LogP) is 2.94. The van der Waals surface area contributed by atoms with Crippen molar-refractivity contribution < 1.29 is 14.3 Å². The van der Waals surface area contributed by atoms with Crippen LogP contribution in [-0.4, -0.2) is 36.4 Å². The van der Waals surface area contributed by atoms with Gasteiger partial charge >= 0.3 is 0 Å². The van der Waals surface area contributed by atoms with Gasteiger partial charge in [-0.15, -0.1) is 0 Å². The molecular weight excluding hydrogens is 354 g/mol. The van der Waals surface area contributed by atoms with Crippen molar-refractivity contribution in [3.8, 4) is 5.75 Å². The van der Waals surface area contributed by atoms with Crippen LogP contribution in [0.3, 0.4) is 0 Å². The molecule has 0 spiro atoms. The van der Waals surface area contributed by atoms with E-state index in [-0.39, 0.29) is 18.4 Å². The topological polar surface area (TPSA) is 70.7 Å². The van der Waals surface area contributed by atoms with Crippen molar-refractivity contribution in [3.05, 3.63) is 59.7 Å². The molecule has 2 N–H and O–H groups in total. The fourth-order valence-corrected chi connectivity index (χ4v) is 3.29. The normalized spacial score (nSPS) is 13.4. The summed E-state index contributed by atoms with van der Waals surface area (Å²) in [5, 5.41) is 6.18. The number of amides is 2. The second kappa shape index (κ2) is 9.90. The molecular formula is C22H27N3O3. The van der Waals surface area contributed by atoms with Crippen molar-refractivity contribution in [1.29, 1.82) is 0 Å². The maximum atomic E-state index is 12.2. The van der Waals surface area contributed by atoms with Crippen molar-refractivity contribution in [2.75, 3.05) is 25.0 Å². The molecule has 0 radical (unpaired) electrons. The quantitative estimate of drug-likeness (QED) is 0.738. The molecule has 1 aliphatic rings. The van der Waals surface area contributed by atoms with Gasteiger partial charge in [-0.25, -0.2) is 0 Å².